The molecular formula is C45H27NO. The molecule has 2 heterocycles. The maximum atomic E-state index is 6.35. The first-order chi connectivity index (χ1) is 23.3. The maximum absolute atomic E-state index is 6.35. The van der Waals surface area contributed by atoms with Crippen LogP contribution >= 0.6 is 0 Å². The van der Waals surface area contributed by atoms with Crippen molar-refractivity contribution >= 4 is 65.0 Å². The van der Waals surface area contributed by atoms with E-state index in [9.17, 15) is 0 Å². The zero-order chi connectivity index (χ0) is 30.9. The molecule has 0 aliphatic heterocycles. The van der Waals surface area contributed by atoms with Crippen molar-refractivity contribution in [2.45, 2.75) is 0 Å². The van der Waals surface area contributed by atoms with Crippen molar-refractivity contribution in [2.24, 2.45) is 0 Å². The van der Waals surface area contributed by atoms with Gasteiger partial charge in [-0.3, -0.25) is 4.98 Å². The Kier molecular flexibility index (Phi) is 5.61. The minimum Gasteiger partial charge on any atom is -0.456 e. The molecule has 0 amide bonds. The molecule has 2 heteroatoms. The highest BCUT2D eigenvalue weighted by molar-refractivity contribution is 6.22. The molecule has 2 aromatic heterocycles. The normalized spacial score (nSPS) is 11.8. The molecule has 0 aliphatic carbocycles. The summed E-state index contributed by atoms with van der Waals surface area (Å²) >= 11 is 0. The van der Waals surface area contributed by atoms with Crippen LogP contribution < -0.4 is 0 Å². The summed E-state index contributed by atoms with van der Waals surface area (Å²) in [5, 5.41) is 11.9. The lowest BCUT2D eigenvalue weighted by molar-refractivity contribution is 0.669. The minimum absolute atomic E-state index is 0.892. The molecule has 0 saturated carbocycles. The van der Waals surface area contributed by atoms with Gasteiger partial charge in [-0.05, 0) is 107 Å². The molecule has 2 nitrogen and oxygen atoms in total. The minimum atomic E-state index is 0.892. The molecule has 10 aromatic rings. The van der Waals surface area contributed by atoms with Gasteiger partial charge in [-0.15, -0.1) is 0 Å². The summed E-state index contributed by atoms with van der Waals surface area (Å²) in [4.78, 5) is 4.35. The van der Waals surface area contributed by atoms with Gasteiger partial charge in [0.25, 0.3) is 0 Å². The first-order valence-corrected chi connectivity index (χ1v) is 16.0. The van der Waals surface area contributed by atoms with Gasteiger partial charge in [0.15, 0.2) is 0 Å². The van der Waals surface area contributed by atoms with Gasteiger partial charge >= 0.3 is 0 Å². The monoisotopic (exact) mass is 597 g/mol. The van der Waals surface area contributed by atoms with Crippen LogP contribution in [0.2, 0.25) is 0 Å². The van der Waals surface area contributed by atoms with Crippen molar-refractivity contribution in [2.75, 3.05) is 0 Å². The van der Waals surface area contributed by atoms with Crippen molar-refractivity contribution in [3.05, 3.63) is 164 Å². The summed E-state index contributed by atoms with van der Waals surface area (Å²) in [7, 11) is 0. The molecule has 0 spiro atoms. The summed E-state index contributed by atoms with van der Waals surface area (Å²) in [6, 6.07) is 55.0. The first-order valence-electron chi connectivity index (χ1n) is 16.0. The quantitative estimate of drug-likeness (QED) is 0.189. The Labute approximate surface area is 271 Å². The SMILES string of the molecule is c1ccc2cc(-c3ccc(-c4c5ccccc5c(-c5ccc6oc7cc8ccncc8cc7c6c5)c5ccccc45)cc3)ccc2c1. The molecular weight excluding hydrogens is 571 g/mol. The summed E-state index contributed by atoms with van der Waals surface area (Å²) in [6.07, 6.45) is 3.75. The van der Waals surface area contributed by atoms with Gasteiger partial charge in [0.05, 0.1) is 0 Å². The van der Waals surface area contributed by atoms with E-state index in [0.717, 1.165) is 32.7 Å². The molecule has 10 rings (SSSR count). The second-order valence-electron chi connectivity index (χ2n) is 12.4. The number of benzene rings is 8. The van der Waals surface area contributed by atoms with E-state index in [-0.39, 0.29) is 0 Å². The fourth-order valence-electron chi connectivity index (χ4n) is 7.46. The topological polar surface area (TPSA) is 26.0 Å². The maximum Gasteiger partial charge on any atom is 0.136 e. The number of hydrogen-bond donors (Lipinski definition) is 0. The van der Waals surface area contributed by atoms with Gasteiger partial charge in [-0.25, -0.2) is 0 Å². The zero-order valence-electron chi connectivity index (χ0n) is 25.4. The molecule has 0 aliphatic rings. The molecule has 8 aromatic carbocycles. The summed E-state index contributed by atoms with van der Waals surface area (Å²) < 4.78 is 6.35. The average molecular weight is 598 g/mol. The molecule has 218 valence electrons. The van der Waals surface area contributed by atoms with Crippen LogP contribution in [0.3, 0.4) is 0 Å². The zero-order valence-corrected chi connectivity index (χ0v) is 25.4. The van der Waals surface area contributed by atoms with Crippen molar-refractivity contribution in [1.29, 1.82) is 0 Å². The average Bonchev–Trinajstić information content (AvgIpc) is 3.49. The lowest BCUT2D eigenvalue weighted by Crippen LogP contribution is -1.91. The number of hydrogen-bond acceptors (Lipinski definition) is 2. The number of furan rings is 1. The van der Waals surface area contributed by atoms with Gasteiger partial charge in [-0.2, -0.15) is 0 Å². The van der Waals surface area contributed by atoms with Crippen LogP contribution in [0.4, 0.5) is 0 Å². The fraction of sp³-hybridized carbons (Fsp3) is 0. The Hall–Kier alpha value is -6.25. The first kappa shape index (κ1) is 26.0. The van der Waals surface area contributed by atoms with E-state index in [4.69, 9.17) is 4.42 Å². The van der Waals surface area contributed by atoms with Gasteiger partial charge in [0, 0.05) is 28.6 Å². The van der Waals surface area contributed by atoms with E-state index in [1.165, 1.54) is 65.7 Å². The van der Waals surface area contributed by atoms with E-state index in [2.05, 4.69) is 151 Å². The second kappa shape index (κ2) is 10.1. The van der Waals surface area contributed by atoms with Crippen LogP contribution in [-0.4, -0.2) is 4.98 Å². The standard InChI is InChI=1S/C45H27NO/c1-2-8-31-23-32(18-15-28(31)7-1)29-13-16-30(17-14-29)44-36-9-3-5-11-38(36)45(39-12-6-4-10-37(39)44)34-19-20-42-40(24-34)41-25-35-27-46-22-21-33(35)26-43(41)47-42/h1-27H. The van der Waals surface area contributed by atoms with Gasteiger partial charge in [0.1, 0.15) is 11.2 Å². The van der Waals surface area contributed by atoms with Gasteiger partial charge in [0.2, 0.25) is 0 Å². The largest absolute Gasteiger partial charge is 0.456 e. The third-order valence-electron chi connectivity index (χ3n) is 9.71. The predicted octanol–water partition coefficient (Wildman–Crippen LogP) is 12.6. The van der Waals surface area contributed by atoms with Gasteiger partial charge < -0.3 is 4.42 Å². The Balaban J connectivity index is 1.17. The van der Waals surface area contributed by atoms with Crippen molar-refractivity contribution in [1.82, 2.24) is 4.98 Å². The number of nitrogens with zero attached hydrogens (tertiary/aromatic N) is 1. The van der Waals surface area contributed by atoms with Crippen LogP contribution in [0.25, 0.3) is 98.4 Å². The highest BCUT2D eigenvalue weighted by atomic mass is 16.3. The molecule has 0 saturated heterocycles. The number of fused-ring (bicyclic) bond motifs is 7. The fourth-order valence-corrected chi connectivity index (χ4v) is 7.46. The van der Waals surface area contributed by atoms with E-state index in [1.54, 1.807) is 0 Å². The van der Waals surface area contributed by atoms with Crippen LogP contribution in [0, 0.1) is 0 Å². The van der Waals surface area contributed by atoms with Crippen LogP contribution in [0.5, 0.6) is 0 Å². The Bertz CT molecular complexity index is 2780. The summed E-state index contributed by atoms with van der Waals surface area (Å²) in [5.41, 5.74) is 9.13. The second-order valence-corrected chi connectivity index (χ2v) is 12.4. The lowest BCUT2D eigenvalue weighted by atomic mass is 9.85. The van der Waals surface area contributed by atoms with Gasteiger partial charge in [-0.1, -0.05) is 115 Å². The van der Waals surface area contributed by atoms with E-state index >= 15 is 0 Å². The van der Waals surface area contributed by atoms with Crippen molar-refractivity contribution in [3.8, 4) is 33.4 Å². The lowest BCUT2D eigenvalue weighted by Gasteiger charge is -2.18. The summed E-state index contributed by atoms with van der Waals surface area (Å²) in [6.45, 7) is 0. The third kappa shape index (κ3) is 4.09. The highest BCUT2D eigenvalue weighted by Crippen LogP contribution is 2.45. The van der Waals surface area contributed by atoms with E-state index in [1.807, 2.05) is 18.5 Å². The molecule has 0 bridgehead atoms. The molecule has 0 unspecified atom stereocenters. The molecule has 47 heavy (non-hydrogen) atoms. The molecule has 0 atom stereocenters. The smallest absolute Gasteiger partial charge is 0.136 e. The molecule has 0 fully saturated rings. The third-order valence-corrected chi connectivity index (χ3v) is 9.71. The highest BCUT2D eigenvalue weighted by Gasteiger charge is 2.18. The van der Waals surface area contributed by atoms with E-state index < -0.39 is 0 Å². The van der Waals surface area contributed by atoms with Crippen LogP contribution in [-0.2, 0) is 0 Å². The Morgan fingerprint density at radius 2 is 0.915 bits per heavy atom. The number of aromatic nitrogens is 1. The number of rotatable bonds is 3. The molecule has 0 radical (unpaired) electrons. The van der Waals surface area contributed by atoms with Crippen LogP contribution in [0.1, 0.15) is 0 Å². The molecule has 0 N–H and O–H groups in total. The van der Waals surface area contributed by atoms with Crippen molar-refractivity contribution < 1.29 is 4.42 Å². The summed E-state index contributed by atoms with van der Waals surface area (Å²) in [5.74, 6) is 0. The number of pyridine rings is 1. The van der Waals surface area contributed by atoms with Crippen LogP contribution in [0.15, 0.2) is 168 Å². The van der Waals surface area contributed by atoms with Crippen molar-refractivity contribution in [3.63, 3.8) is 0 Å². The Morgan fingerprint density at radius 1 is 0.340 bits per heavy atom. The Morgan fingerprint density at radius 3 is 1.66 bits per heavy atom. The van der Waals surface area contributed by atoms with E-state index in [0.29, 0.717) is 0 Å². The predicted molar refractivity (Wildman–Crippen MR) is 198 cm³/mol.